The van der Waals surface area contributed by atoms with Crippen molar-refractivity contribution in [2.45, 2.75) is 143 Å². The van der Waals surface area contributed by atoms with Gasteiger partial charge in [-0.2, -0.15) is 0 Å². The maximum atomic E-state index is 4.87. The second-order valence-electron chi connectivity index (χ2n) is 9.32. The van der Waals surface area contributed by atoms with Crippen LogP contribution >= 0.6 is 47.0 Å². The molecule has 0 bridgehead atoms. The molecule has 0 unspecified atom stereocenters. The van der Waals surface area contributed by atoms with Gasteiger partial charge < -0.3 is 0 Å². The smallest absolute Gasteiger partial charge is 0.0654 e. The van der Waals surface area contributed by atoms with Crippen LogP contribution in [0.5, 0.6) is 0 Å². The molecule has 0 fully saturated rings. The standard InChI is InChI=1S/C26H56P.Cl3P/c1-5-9-12-15-18-21-24-27(8-4,25-22-19-16-13-10-6-2)26-23-20-17-14-11-7-3;1-4(2)3/h5-26H2,1-4H3;/q+1;. The summed E-state index contributed by atoms with van der Waals surface area (Å²) in [6.45, 7) is 9.52. The number of rotatable bonds is 22. The van der Waals surface area contributed by atoms with Gasteiger partial charge in [0.2, 0.25) is 0 Å². The van der Waals surface area contributed by atoms with E-state index >= 15 is 0 Å². The maximum Gasteiger partial charge on any atom is 0.179 e. The molecule has 0 spiro atoms. The summed E-state index contributed by atoms with van der Waals surface area (Å²) in [4.78, 5) is 0. The van der Waals surface area contributed by atoms with Crippen molar-refractivity contribution in [1.82, 2.24) is 0 Å². The summed E-state index contributed by atoms with van der Waals surface area (Å²) in [6.07, 6.45) is 32.9. The average molecular weight is 537 g/mol. The van der Waals surface area contributed by atoms with Crippen molar-refractivity contribution >= 4 is 47.0 Å². The number of unbranched alkanes of at least 4 members (excludes halogenated alkanes) is 15. The summed E-state index contributed by atoms with van der Waals surface area (Å²) >= 11 is 14.6. The fraction of sp³-hybridized carbons (Fsp3) is 1.00. The van der Waals surface area contributed by atoms with Crippen molar-refractivity contribution in [3.63, 3.8) is 0 Å². The molecule has 0 aliphatic heterocycles. The van der Waals surface area contributed by atoms with Gasteiger partial charge in [0.15, 0.2) is 5.98 Å². The zero-order valence-electron chi connectivity index (χ0n) is 21.6. The van der Waals surface area contributed by atoms with Crippen LogP contribution < -0.4 is 0 Å². The van der Waals surface area contributed by atoms with Gasteiger partial charge in [-0.1, -0.05) is 132 Å². The minimum absolute atomic E-state index is 0.644. The van der Waals surface area contributed by atoms with Crippen LogP contribution in [0.15, 0.2) is 0 Å². The molecule has 190 valence electrons. The SMILES string of the molecule is CCCCCCCC[P+](CC)(CCCCCCCC)CCCCCCCC.ClP(Cl)Cl. The Morgan fingerprint density at radius 1 is 0.419 bits per heavy atom. The summed E-state index contributed by atoms with van der Waals surface area (Å²) in [5.41, 5.74) is 0. The van der Waals surface area contributed by atoms with Crippen LogP contribution in [0.4, 0.5) is 0 Å². The molecule has 0 nitrogen and oxygen atoms in total. The molecular formula is C26H56Cl3P2+. The average Bonchev–Trinajstić information content (AvgIpc) is 2.74. The summed E-state index contributed by atoms with van der Waals surface area (Å²) < 4.78 is 0. The molecule has 0 N–H and O–H groups in total. The zero-order chi connectivity index (χ0) is 23.6. The van der Waals surface area contributed by atoms with Crippen molar-refractivity contribution in [3.8, 4) is 0 Å². The van der Waals surface area contributed by atoms with E-state index in [-0.39, 0.29) is 0 Å². The predicted molar refractivity (Wildman–Crippen MR) is 157 cm³/mol. The largest absolute Gasteiger partial charge is 0.179 e. The molecule has 0 aromatic heterocycles. The molecule has 0 saturated heterocycles. The van der Waals surface area contributed by atoms with Crippen LogP contribution in [0.1, 0.15) is 143 Å². The molecule has 31 heavy (non-hydrogen) atoms. The summed E-state index contributed by atoms with van der Waals surface area (Å²) in [5, 5.41) is 0. The van der Waals surface area contributed by atoms with Crippen molar-refractivity contribution in [3.05, 3.63) is 0 Å². The minimum atomic E-state index is -1.20. The molecule has 5 heteroatoms. The molecule has 0 aliphatic rings. The highest BCUT2D eigenvalue weighted by atomic mass is 36.0. The predicted octanol–water partition coefficient (Wildman–Crippen LogP) is 13.0. The Labute approximate surface area is 214 Å². The molecule has 0 aromatic rings. The fourth-order valence-electron chi connectivity index (χ4n) is 4.49. The van der Waals surface area contributed by atoms with E-state index in [1.165, 1.54) is 122 Å². The minimum Gasteiger partial charge on any atom is -0.0654 e. The highest BCUT2D eigenvalue weighted by Gasteiger charge is 2.33. The summed E-state index contributed by atoms with van der Waals surface area (Å²) in [6, 6.07) is 0. The second kappa shape index (κ2) is 28.0. The Balaban J connectivity index is 0. The molecule has 0 amide bonds. The van der Waals surface area contributed by atoms with Crippen LogP contribution in [0, 0.1) is 0 Å². The highest BCUT2D eigenvalue weighted by Crippen LogP contribution is 2.60. The van der Waals surface area contributed by atoms with Crippen molar-refractivity contribution in [1.29, 1.82) is 0 Å². The van der Waals surface area contributed by atoms with Gasteiger partial charge in [-0.05, 0) is 45.4 Å². The van der Waals surface area contributed by atoms with E-state index < -0.39 is 13.2 Å². The summed E-state index contributed by atoms with van der Waals surface area (Å²) in [7, 11) is -0.644. The van der Waals surface area contributed by atoms with E-state index in [2.05, 4.69) is 27.7 Å². The zero-order valence-corrected chi connectivity index (χ0v) is 25.6. The molecule has 0 saturated carbocycles. The van der Waals surface area contributed by atoms with Gasteiger partial charge in [0.1, 0.15) is 0 Å². The maximum absolute atomic E-state index is 4.87. The van der Waals surface area contributed by atoms with Gasteiger partial charge in [0, 0.05) is 7.26 Å². The lowest BCUT2D eigenvalue weighted by atomic mass is 10.1. The van der Waals surface area contributed by atoms with E-state index in [0.717, 1.165) is 0 Å². The summed E-state index contributed by atoms with van der Waals surface area (Å²) in [5.74, 6) is -1.20. The third kappa shape index (κ3) is 27.9. The Kier molecular flexibility index (Phi) is 31.5. The van der Waals surface area contributed by atoms with Crippen molar-refractivity contribution in [2.24, 2.45) is 0 Å². The lowest BCUT2D eigenvalue weighted by Crippen LogP contribution is -2.11. The van der Waals surface area contributed by atoms with Crippen LogP contribution in [0.2, 0.25) is 0 Å². The van der Waals surface area contributed by atoms with Crippen molar-refractivity contribution < 1.29 is 0 Å². The fourth-order valence-corrected chi connectivity index (χ4v) is 8.80. The first-order valence-electron chi connectivity index (χ1n) is 13.6. The van der Waals surface area contributed by atoms with Gasteiger partial charge in [0.05, 0.1) is 24.6 Å². The monoisotopic (exact) mass is 535 g/mol. The molecule has 0 atom stereocenters. The number of hydrogen-bond acceptors (Lipinski definition) is 0. The lowest BCUT2D eigenvalue weighted by molar-refractivity contribution is 0.615. The van der Waals surface area contributed by atoms with Gasteiger partial charge in [0.25, 0.3) is 0 Å². The number of halogens is 3. The van der Waals surface area contributed by atoms with Gasteiger partial charge >= 0.3 is 0 Å². The number of hydrogen-bond donors (Lipinski definition) is 0. The van der Waals surface area contributed by atoms with Crippen LogP contribution in [-0.2, 0) is 0 Å². The first kappa shape index (κ1) is 34.9. The van der Waals surface area contributed by atoms with E-state index in [0.29, 0.717) is 0 Å². The molecule has 0 radical (unpaired) electrons. The lowest BCUT2D eigenvalue weighted by Gasteiger charge is -2.27. The second-order valence-corrected chi connectivity index (χ2v) is 19.0. The van der Waals surface area contributed by atoms with E-state index in [1.807, 2.05) is 0 Å². The van der Waals surface area contributed by atoms with E-state index in [9.17, 15) is 0 Å². The molecule has 0 aliphatic carbocycles. The first-order valence-corrected chi connectivity index (χ1v) is 20.2. The molecule has 0 aromatic carbocycles. The van der Waals surface area contributed by atoms with E-state index in [4.69, 9.17) is 33.7 Å². The van der Waals surface area contributed by atoms with Gasteiger partial charge in [-0.25, -0.2) is 0 Å². The Hall–Kier alpha value is 1.73. The molecule has 0 rings (SSSR count). The van der Waals surface area contributed by atoms with Gasteiger partial charge in [-0.3, -0.25) is 0 Å². The highest BCUT2D eigenvalue weighted by molar-refractivity contribution is 8.20. The van der Waals surface area contributed by atoms with Crippen LogP contribution in [0.3, 0.4) is 0 Å². The third-order valence-electron chi connectivity index (χ3n) is 6.63. The Morgan fingerprint density at radius 2 is 0.645 bits per heavy atom. The van der Waals surface area contributed by atoms with Gasteiger partial charge in [-0.15, -0.1) is 0 Å². The molecular weight excluding hydrogens is 481 g/mol. The first-order chi connectivity index (χ1) is 15.0. The molecule has 0 heterocycles. The quantitative estimate of drug-likeness (QED) is 0.0953. The van der Waals surface area contributed by atoms with Crippen LogP contribution in [0.25, 0.3) is 0 Å². The third-order valence-corrected chi connectivity index (χ3v) is 11.8. The normalized spacial score (nSPS) is 11.6. The van der Waals surface area contributed by atoms with E-state index in [1.54, 1.807) is 18.5 Å². The van der Waals surface area contributed by atoms with Crippen LogP contribution in [-0.4, -0.2) is 24.6 Å². The Morgan fingerprint density at radius 3 is 0.871 bits per heavy atom. The van der Waals surface area contributed by atoms with Crippen molar-refractivity contribution in [2.75, 3.05) is 24.6 Å². The Bertz CT molecular complexity index is 284. The topological polar surface area (TPSA) is 0 Å².